The SMILES string of the molecule is COc1ccc2c(c1)OC[C@@H]1CN(CCC#N)C(=O)CCN(C(=O)c3ccc(F)cc3)[C@H]21. The van der Waals surface area contributed by atoms with Gasteiger partial charge in [-0.25, -0.2) is 4.39 Å². The molecule has 0 saturated carbocycles. The molecule has 2 aromatic rings. The second kappa shape index (κ2) is 9.27. The van der Waals surface area contributed by atoms with Crippen LogP contribution in [-0.4, -0.2) is 55.0 Å². The van der Waals surface area contributed by atoms with Crippen LogP contribution in [0, 0.1) is 23.1 Å². The molecule has 166 valence electrons. The first-order valence-corrected chi connectivity index (χ1v) is 10.5. The van der Waals surface area contributed by atoms with Crippen LogP contribution in [-0.2, 0) is 4.79 Å². The Morgan fingerprint density at radius 1 is 1.28 bits per heavy atom. The van der Waals surface area contributed by atoms with E-state index >= 15 is 0 Å². The van der Waals surface area contributed by atoms with Gasteiger partial charge < -0.3 is 19.3 Å². The van der Waals surface area contributed by atoms with Crippen LogP contribution in [0.2, 0.25) is 0 Å². The average molecular weight is 437 g/mol. The van der Waals surface area contributed by atoms with Gasteiger partial charge in [0.2, 0.25) is 5.91 Å². The summed E-state index contributed by atoms with van der Waals surface area (Å²) >= 11 is 0. The Morgan fingerprint density at radius 2 is 2.06 bits per heavy atom. The summed E-state index contributed by atoms with van der Waals surface area (Å²) in [7, 11) is 1.58. The molecule has 0 spiro atoms. The number of carbonyl (C=O) groups is 2. The summed E-state index contributed by atoms with van der Waals surface area (Å²) in [6.45, 7) is 1.25. The van der Waals surface area contributed by atoms with Crippen molar-refractivity contribution in [2.75, 3.05) is 33.4 Å². The number of nitrogens with zero attached hydrogens (tertiary/aromatic N) is 3. The molecule has 2 heterocycles. The Balaban J connectivity index is 1.74. The van der Waals surface area contributed by atoms with Crippen molar-refractivity contribution < 1.29 is 23.5 Å². The summed E-state index contributed by atoms with van der Waals surface area (Å²) in [5, 5.41) is 8.98. The molecule has 2 atom stereocenters. The Kier molecular flexibility index (Phi) is 6.26. The van der Waals surface area contributed by atoms with E-state index in [1.54, 1.807) is 23.0 Å². The fourth-order valence-electron chi connectivity index (χ4n) is 4.41. The van der Waals surface area contributed by atoms with Gasteiger partial charge in [-0.1, -0.05) is 0 Å². The highest BCUT2D eigenvalue weighted by atomic mass is 19.1. The summed E-state index contributed by atoms with van der Waals surface area (Å²) in [5.41, 5.74) is 1.20. The van der Waals surface area contributed by atoms with E-state index in [1.165, 1.54) is 24.3 Å². The van der Waals surface area contributed by atoms with Crippen molar-refractivity contribution >= 4 is 11.8 Å². The standard InChI is InChI=1S/C24H24FN3O4/c1-31-19-7-8-20-21(13-19)32-15-17-14-27(11-2-10-26)22(29)9-12-28(23(17)20)24(30)16-3-5-18(25)6-4-16/h3-8,13,17,23H,2,9,11-12,14-15H2,1H3/t17-,23-/m0/s1. The molecule has 32 heavy (non-hydrogen) atoms. The van der Waals surface area contributed by atoms with Gasteiger partial charge in [-0.3, -0.25) is 9.59 Å². The van der Waals surface area contributed by atoms with E-state index in [-0.39, 0.29) is 43.2 Å². The lowest BCUT2D eigenvalue weighted by molar-refractivity contribution is -0.134. The monoisotopic (exact) mass is 437 g/mol. The first-order valence-electron chi connectivity index (χ1n) is 10.5. The molecule has 4 rings (SSSR count). The Hall–Kier alpha value is -3.60. The molecule has 2 aliphatic rings. The number of hydrogen-bond acceptors (Lipinski definition) is 5. The van der Waals surface area contributed by atoms with Gasteiger partial charge in [-0.2, -0.15) is 5.26 Å². The molecule has 2 aliphatic heterocycles. The van der Waals surface area contributed by atoms with Crippen molar-refractivity contribution in [3.05, 3.63) is 59.4 Å². The van der Waals surface area contributed by atoms with Crippen molar-refractivity contribution in [1.29, 1.82) is 5.26 Å². The molecule has 0 aromatic heterocycles. The maximum atomic E-state index is 13.5. The van der Waals surface area contributed by atoms with Gasteiger partial charge in [0.15, 0.2) is 0 Å². The molecule has 0 unspecified atom stereocenters. The molecule has 2 aromatic carbocycles. The molecular formula is C24H24FN3O4. The fraction of sp³-hybridized carbons (Fsp3) is 0.375. The third-order valence-corrected chi connectivity index (χ3v) is 5.99. The normalized spacial score (nSPS) is 20.2. The molecule has 1 fully saturated rings. The molecule has 0 aliphatic carbocycles. The molecule has 0 N–H and O–H groups in total. The summed E-state index contributed by atoms with van der Waals surface area (Å²) in [5.74, 6) is 0.327. The van der Waals surface area contributed by atoms with Crippen LogP contribution in [0.25, 0.3) is 0 Å². The zero-order valence-corrected chi connectivity index (χ0v) is 17.8. The van der Waals surface area contributed by atoms with Crippen LogP contribution in [0.4, 0.5) is 4.39 Å². The van der Waals surface area contributed by atoms with E-state index in [9.17, 15) is 14.0 Å². The van der Waals surface area contributed by atoms with Crippen LogP contribution >= 0.6 is 0 Å². The van der Waals surface area contributed by atoms with Crippen LogP contribution < -0.4 is 9.47 Å². The number of rotatable bonds is 4. The Labute approximate surface area is 185 Å². The van der Waals surface area contributed by atoms with Crippen molar-refractivity contribution in [2.45, 2.75) is 18.9 Å². The van der Waals surface area contributed by atoms with E-state index < -0.39 is 5.82 Å². The van der Waals surface area contributed by atoms with Gasteiger partial charge in [0, 0.05) is 49.2 Å². The number of fused-ring (bicyclic) bond motifs is 3. The molecule has 7 nitrogen and oxygen atoms in total. The number of nitriles is 1. The molecule has 2 amide bonds. The zero-order valence-electron chi connectivity index (χ0n) is 17.8. The van der Waals surface area contributed by atoms with Gasteiger partial charge >= 0.3 is 0 Å². The Morgan fingerprint density at radius 3 is 2.78 bits per heavy atom. The quantitative estimate of drug-likeness (QED) is 0.734. The lowest BCUT2D eigenvalue weighted by Crippen LogP contribution is -2.51. The van der Waals surface area contributed by atoms with Crippen LogP contribution in [0.3, 0.4) is 0 Å². The van der Waals surface area contributed by atoms with Crippen molar-refractivity contribution in [1.82, 2.24) is 9.80 Å². The topological polar surface area (TPSA) is 82.9 Å². The number of amides is 2. The number of halogens is 1. The number of hydrogen-bond donors (Lipinski definition) is 0. The Bertz CT molecular complexity index is 1050. The van der Waals surface area contributed by atoms with Crippen LogP contribution in [0.5, 0.6) is 11.5 Å². The molecule has 8 heteroatoms. The third kappa shape index (κ3) is 4.24. The molecule has 0 radical (unpaired) electrons. The van der Waals surface area contributed by atoms with Crippen molar-refractivity contribution in [2.24, 2.45) is 5.92 Å². The van der Waals surface area contributed by atoms with Crippen LogP contribution in [0.1, 0.15) is 34.8 Å². The first kappa shape index (κ1) is 21.6. The largest absolute Gasteiger partial charge is 0.497 e. The molecular weight excluding hydrogens is 413 g/mol. The minimum Gasteiger partial charge on any atom is -0.497 e. The predicted molar refractivity (Wildman–Crippen MR) is 114 cm³/mol. The van der Waals surface area contributed by atoms with E-state index in [0.29, 0.717) is 36.8 Å². The summed E-state index contributed by atoms with van der Waals surface area (Å²) in [4.78, 5) is 29.7. The maximum absolute atomic E-state index is 13.5. The van der Waals surface area contributed by atoms with Gasteiger partial charge in [0.05, 0.1) is 32.2 Å². The second-order valence-corrected chi connectivity index (χ2v) is 7.92. The number of benzene rings is 2. The first-order chi connectivity index (χ1) is 15.5. The van der Waals surface area contributed by atoms with E-state index in [2.05, 4.69) is 6.07 Å². The predicted octanol–water partition coefficient (Wildman–Crippen LogP) is 3.17. The van der Waals surface area contributed by atoms with Gasteiger partial charge in [0.1, 0.15) is 17.3 Å². The summed E-state index contributed by atoms with van der Waals surface area (Å²) in [6, 6.07) is 12.7. The number of carbonyl (C=O) groups excluding carboxylic acids is 2. The summed E-state index contributed by atoms with van der Waals surface area (Å²) in [6.07, 6.45) is 0.393. The molecule has 0 bridgehead atoms. The van der Waals surface area contributed by atoms with Gasteiger partial charge in [-0.05, 0) is 36.4 Å². The fourth-order valence-corrected chi connectivity index (χ4v) is 4.41. The highest BCUT2D eigenvalue weighted by Gasteiger charge is 2.41. The minimum atomic E-state index is -0.418. The highest BCUT2D eigenvalue weighted by molar-refractivity contribution is 5.95. The lowest BCUT2D eigenvalue weighted by Gasteiger charge is -2.44. The smallest absolute Gasteiger partial charge is 0.254 e. The number of ether oxygens (including phenoxy) is 2. The van der Waals surface area contributed by atoms with Gasteiger partial charge in [-0.15, -0.1) is 0 Å². The van der Waals surface area contributed by atoms with Crippen molar-refractivity contribution in [3.8, 4) is 17.6 Å². The van der Waals surface area contributed by atoms with Crippen molar-refractivity contribution in [3.63, 3.8) is 0 Å². The van der Waals surface area contributed by atoms with E-state index in [4.69, 9.17) is 14.7 Å². The van der Waals surface area contributed by atoms with E-state index in [0.717, 1.165) is 5.56 Å². The molecule has 1 saturated heterocycles. The third-order valence-electron chi connectivity index (χ3n) is 5.99. The highest BCUT2D eigenvalue weighted by Crippen LogP contribution is 2.42. The summed E-state index contributed by atoms with van der Waals surface area (Å²) < 4.78 is 24.7. The zero-order chi connectivity index (χ0) is 22.7. The second-order valence-electron chi connectivity index (χ2n) is 7.92. The number of methoxy groups -OCH3 is 1. The maximum Gasteiger partial charge on any atom is 0.254 e. The minimum absolute atomic E-state index is 0.101. The van der Waals surface area contributed by atoms with Gasteiger partial charge in [0.25, 0.3) is 5.91 Å². The van der Waals surface area contributed by atoms with E-state index in [1.807, 2.05) is 12.1 Å². The lowest BCUT2D eigenvalue weighted by atomic mass is 9.87. The average Bonchev–Trinajstić information content (AvgIpc) is 2.81. The van der Waals surface area contributed by atoms with Crippen LogP contribution in [0.15, 0.2) is 42.5 Å².